The van der Waals surface area contributed by atoms with Crippen LogP contribution in [0.2, 0.25) is 0 Å². The molecule has 2 aliphatic rings. The van der Waals surface area contributed by atoms with Crippen molar-refractivity contribution in [3.05, 3.63) is 53.9 Å². The van der Waals surface area contributed by atoms with Crippen LogP contribution in [0.5, 0.6) is 0 Å². The van der Waals surface area contributed by atoms with Gasteiger partial charge < -0.3 is 15.2 Å². The third-order valence-corrected chi connectivity index (χ3v) is 6.23. The van der Waals surface area contributed by atoms with Gasteiger partial charge in [0.2, 0.25) is 11.8 Å². The van der Waals surface area contributed by atoms with Crippen LogP contribution in [0.15, 0.2) is 42.5 Å². The first-order chi connectivity index (χ1) is 14.7. The minimum atomic E-state index is -0.170. The topological polar surface area (TPSA) is 76.0 Å². The number of nitrogens with zero attached hydrogens (tertiary/aromatic N) is 2. The molecule has 2 N–H and O–H groups in total. The van der Waals surface area contributed by atoms with E-state index in [-0.39, 0.29) is 17.7 Å². The number of hydrogen-bond acceptors (Lipinski definition) is 3. The summed E-state index contributed by atoms with van der Waals surface area (Å²) < 4.78 is 2.31. The first-order valence-corrected chi connectivity index (χ1v) is 10.9. The van der Waals surface area contributed by atoms with Crippen LogP contribution in [0.3, 0.4) is 0 Å². The molecule has 3 heterocycles. The monoisotopic (exact) mass is 402 g/mol. The highest BCUT2D eigenvalue weighted by atomic mass is 16.2. The number of amides is 2. The SMILES string of the molecule is O=C(CCC1Cc2ccccc2NC1=O)Nc1ccc2c(c1)nc1n2CCCCC1. The minimum absolute atomic E-state index is 0.00225. The number of carbonyl (C=O) groups excluding carboxylic acids is 2. The molecule has 154 valence electrons. The molecule has 6 heteroatoms. The molecule has 2 aliphatic heterocycles. The molecule has 0 spiro atoms. The van der Waals surface area contributed by atoms with Crippen molar-refractivity contribution in [1.82, 2.24) is 9.55 Å². The molecule has 0 saturated carbocycles. The Kier molecular flexibility index (Phi) is 4.99. The Morgan fingerprint density at radius 2 is 2.07 bits per heavy atom. The summed E-state index contributed by atoms with van der Waals surface area (Å²) in [6, 6.07) is 13.8. The van der Waals surface area contributed by atoms with E-state index >= 15 is 0 Å². The van der Waals surface area contributed by atoms with Gasteiger partial charge in [-0.1, -0.05) is 24.6 Å². The average molecular weight is 402 g/mol. The third kappa shape index (κ3) is 3.70. The van der Waals surface area contributed by atoms with Crippen LogP contribution in [0.25, 0.3) is 11.0 Å². The Labute approximate surface area is 175 Å². The number of rotatable bonds is 4. The van der Waals surface area contributed by atoms with Crippen LogP contribution < -0.4 is 10.6 Å². The maximum Gasteiger partial charge on any atom is 0.227 e. The molecule has 5 rings (SSSR count). The molecule has 2 aromatic carbocycles. The largest absolute Gasteiger partial charge is 0.328 e. The fourth-order valence-corrected chi connectivity index (χ4v) is 4.60. The molecule has 30 heavy (non-hydrogen) atoms. The molecule has 6 nitrogen and oxygen atoms in total. The summed E-state index contributed by atoms with van der Waals surface area (Å²) in [5.41, 5.74) is 4.86. The zero-order valence-corrected chi connectivity index (χ0v) is 17.0. The van der Waals surface area contributed by atoms with Gasteiger partial charge in [-0.2, -0.15) is 0 Å². The summed E-state index contributed by atoms with van der Waals surface area (Å²) >= 11 is 0. The number of para-hydroxylation sites is 1. The Morgan fingerprint density at radius 3 is 3.00 bits per heavy atom. The molecule has 0 aliphatic carbocycles. The molecule has 0 fully saturated rings. The normalized spacial score (nSPS) is 18.3. The van der Waals surface area contributed by atoms with Crippen LogP contribution in [0.4, 0.5) is 11.4 Å². The van der Waals surface area contributed by atoms with Gasteiger partial charge in [-0.15, -0.1) is 0 Å². The molecular weight excluding hydrogens is 376 g/mol. The summed E-state index contributed by atoms with van der Waals surface area (Å²) in [6.45, 7) is 1.02. The maximum atomic E-state index is 12.5. The van der Waals surface area contributed by atoms with Crippen LogP contribution in [0, 0.1) is 5.92 Å². The number of imidazole rings is 1. The lowest BCUT2D eigenvalue weighted by Crippen LogP contribution is -2.30. The molecule has 1 atom stereocenters. The van der Waals surface area contributed by atoms with Gasteiger partial charge in [0, 0.05) is 36.7 Å². The van der Waals surface area contributed by atoms with Gasteiger partial charge in [-0.3, -0.25) is 9.59 Å². The quantitative estimate of drug-likeness (QED) is 0.683. The second kappa shape index (κ2) is 7.94. The molecule has 1 aromatic heterocycles. The predicted molar refractivity (Wildman–Crippen MR) is 117 cm³/mol. The van der Waals surface area contributed by atoms with Gasteiger partial charge in [0.1, 0.15) is 5.82 Å². The predicted octanol–water partition coefficient (Wildman–Crippen LogP) is 4.29. The summed E-state index contributed by atoms with van der Waals surface area (Å²) in [6.07, 6.45) is 6.18. The summed E-state index contributed by atoms with van der Waals surface area (Å²) in [4.78, 5) is 29.6. The van der Waals surface area contributed by atoms with E-state index in [0.29, 0.717) is 19.3 Å². The van der Waals surface area contributed by atoms with Crippen LogP contribution in [0.1, 0.15) is 43.5 Å². The van der Waals surface area contributed by atoms with E-state index in [1.807, 2.05) is 36.4 Å². The van der Waals surface area contributed by atoms with Crippen molar-refractivity contribution in [2.75, 3.05) is 10.6 Å². The van der Waals surface area contributed by atoms with Crippen molar-refractivity contribution >= 4 is 34.2 Å². The first-order valence-electron chi connectivity index (χ1n) is 10.9. The highest BCUT2D eigenvalue weighted by Crippen LogP contribution is 2.28. The van der Waals surface area contributed by atoms with Crippen molar-refractivity contribution in [3.63, 3.8) is 0 Å². The lowest BCUT2D eigenvalue weighted by Gasteiger charge is -2.24. The molecule has 2 amide bonds. The van der Waals surface area contributed by atoms with E-state index in [9.17, 15) is 9.59 Å². The highest BCUT2D eigenvalue weighted by molar-refractivity contribution is 5.97. The number of hydrogen-bond donors (Lipinski definition) is 2. The van der Waals surface area contributed by atoms with Crippen LogP contribution >= 0.6 is 0 Å². The number of aromatic nitrogens is 2. The zero-order valence-electron chi connectivity index (χ0n) is 17.0. The Bertz CT molecular complexity index is 1120. The van der Waals surface area contributed by atoms with Gasteiger partial charge >= 0.3 is 0 Å². The van der Waals surface area contributed by atoms with E-state index in [2.05, 4.69) is 21.3 Å². The maximum absolute atomic E-state index is 12.5. The fourth-order valence-electron chi connectivity index (χ4n) is 4.60. The molecule has 0 saturated heterocycles. The lowest BCUT2D eigenvalue weighted by molar-refractivity contribution is -0.121. The van der Waals surface area contributed by atoms with E-state index in [0.717, 1.165) is 46.8 Å². The standard InChI is InChI=1S/C24H26N4O2/c29-23(12-9-17-14-16-6-3-4-7-19(16)27-24(17)30)25-18-10-11-21-20(15-18)26-22-8-2-1-5-13-28(21)22/h3-4,6-7,10-11,15,17H,1-2,5,8-9,12-14H2,(H,25,29)(H,27,30). The number of anilines is 2. The Balaban J connectivity index is 1.22. The van der Waals surface area contributed by atoms with Crippen molar-refractivity contribution in [3.8, 4) is 0 Å². The number of nitrogens with one attached hydrogen (secondary N) is 2. The van der Waals surface area contributed by atoms with Crippen LogP contribution in [-0.4, -0.2) is 21.4 Å². The molecular formula is C24H26N4O2. The number of aryl methyl sites for hydroxylation is 2. The van der Waals surface area contributed by atoms with E-state index in [4.69, 9.17) is 4.98 Å². The summed E-state index contributed by atoms with van der Waals surface area (Å²) in [5, 5.41) is 5.93. The minimum Gasteiger partial charge on any atom is -0.328 e. The van der Waals surface area contributed by atoms with Gasteiger partial charge in [0.25, 0.3) is 0 Å². The first kappa shape index (κ1) is 18.9. The van der Waals surface area contributed by atoms with Gasteiger partial charge in [0.05, 0.1) is 11.0 Å². The molecule has 1 unspecified atom stereocenters. The van der Waals surface area contributed by atoms with Gasteiger partial charge in [0.15, 0.2) is 0 Å². The second-order valence-corrected chi connectivity index (χ2v) is 8.33. The number of benzene rings is 2. The molecule has 0 radical (unpaired) electrons. The van der Waals surface area contributed by atoms with Crippen molar-refractivity contribution < 1.29 is 9.59 Å². The lowest BCUT2D eigenvalue weighted by atomic mass is 9.89. The molecule has 3 aromatic rings. The smallest absolute Gasteiger partial charge is 0.227 e. The van der Waals surface area contributed by atoms with Crippen molar-refractivity contribution in [1.29, 1.82) is 0 Å². The molecule has 0 bridgehead atoms. The van der Waals surface area contributed by atoms with Gasteiger partial charge in [-0.25, -0.2) is 4.98 Å². The van der Waals surface area contributed by atoms with Crippen LogP contribution in [-0.2, 0) is 29.0 Å². The fraction of sp³-hybridized carbons (Fsp3) is 0.375. The van der Waals surface area contributed by atoms with Crippen molar-refractivity contribution in [2.45, 2.75) is 51.5 Å². The number of fused-ring (bicyclic) bond motifs is 4. The zero-order chi connectivity index (χ0) is 20.5. The Hall–Kier alpha value is -3.15. The van der Waals surface area contributed by atoms with E-state index in [1.165, 1.54) is 19.3 Å². The number of carbonyl (C=O) groups is 2. The average Bonchev–Trinajstić information content (AvgIpc) is 2.92. The second-order valence-electron chi connectivity index (χ2n) is 8.33. The van der Waals surface area contributed by atoms with E-state index < -0.39 is 0 Å². The highest BCUT2D eigenvalue weighted by Gasteiger charge is 2.26. The van der Waals surface area contributed by atoms with E-state index in [1.54, 1.807) is 0 Å². The summed E-state index contributed by atoms with van der Waals surface area (Å²) in [5.74, 6) is 0.913. The van der Waals surface area contributed by atoms with Crippen molar-refractivity contribution in [2.24, 2.45) is 5.92 Å². The third-order valence-electron chi connectivity index (χ3n) is 6.23. The summed E-state index contributed by atoms with van der Waals surface area (Å²) in [7, 11) is 0. The van der Waals surface area contributed by atoms with Gasteiger partial charge in [-0.05, 0) is 55.5 Å². The Morgan fingerprint density at radius 1 is 1.17 bits per heavy atom.